The Balaban J connectivity index is 1.86. The second-order valence-electron chi connectivity index (χ2n) is 8.62. The lowest BCUT2D eigenvalue weighted by Gasteiger charge is -2.64. The van der Waals surface area contributed by atoms with E-state index in [4.69, 9.17) is 26.4 Å². The lowest BCUT2D eigenvalue weighted by molar-refractivity contribution is -0.273. The van der Waals surface area contributed by atoms with E-state index in [1.54, 1.807) is 18.2 Å². The molecule has 0 spiro atoms. The maximum absolute atomic E-state index is 13.2. The third-order valence-corrected chi connectivity index (χ3v) is 6.83. The molecular formula is C23H24ClIN2O3. The molecule has 1 fully saturated rings. The predicted octanol–water partition coefficient (Wildman–Crippen LogP) is 5.70. The molecule has 1 amide bonds. The van der Waals surface area contributed by atoms with Gasteiger partial charge in [0.05, 0.1) is 23.7 Å². The van der Waals surface area contributed by atoms with E-state index >= 15 is 0 Å². The van der Waals surface area contributed by atoms with Gasteiger partial charge in [0.25, 0.3) is 5.91 Å². The highest BCUT2D eigenvalue weighted by Gasteiger charge is 2.67. The number of nitriles is 1. The zero-order chi connectivity index (χ0) is 22.3. The van der Waals surface area contributed by atoms with Crippen molar-refractivity contribution >= 4 is 40.1 Å². The minimum absolute atomic E-state index is 0.181. The van der Waals surface area contributed by atoms with E-state index in [0.717, 1.165) is 3.57 Å². The smallest absolute Gasteiger partial charge is 0.277 e. The first-order valence-electron chi connectivity index (χ1n) is 9.53. The highest BCUT2D eigenvalue weighted by Crippen LogP contribution is 2.58. The Kier molecular flexibility index (Phi) is 6.38. The molecule has 1 aliphatic carbocycles. The highest BCUT2D eigenvalue weighted by atomic mass is 127. The molecule has 0 saturated heterocycles. The third kappa shape index (κ3) is 3.91. The minimum Gasteiger partial charge on any atom is -0.489 e. The number of hydrogen-bond acceptors (Lipinski definition) is 4. The average molecular weight is 539 g/mol. The molecule has 7 heteroatoms. The van der Waals surface area contributed by atoms with Crippen LogP contribution < -0.4 is 4.74 Å². The van der Waals surface area contributed by atoms with Crippen LogP contribution in [-0.2, 0) is 4.84 Å². The van der Waals surface area contributed by atoms with Crippen LogP contribution in [0.25, 0.3) is 0 Å². The van der Waals surface area contributed by atoms with Gasteiger partial charge in [-0.25, -0.2) is 5.06 Å². The van der Waals surface area contributed by atoms with Crippen molar-refractivity contribution in [3.63, 3.8) is 0 Å². The lowest BCUT2D eigenvalue weighted by atomic mass is 9.49. The van der Waals surface area contributed by atoms with Crippen molar-refractivity contribution in [2.75, 3.05) is 7.11 Å². The van der Waals surface area contributed by atoms with E-state index in [1.807, 2.05) is 30.3 Å². The number of rotatable bonds is 5. The van der Waals surface area contributed by atoms with Crippen molar-refractivity contribution in [2.45, 2.75) is 39.8 Å². The van der Waals surface area contributed by atoms with Crippen molar-refractivity contribution < 1.29 is 14.4 Å². The summed E-state index contributed by atoms with van der Waals surface area (Å²) < 4.78 is 7.36. The Hall–Kier alpha value is -1.82. The molecule has 3 rings (SSSR count). The topological polar surface area (TPSA) is 62.6 Å². The molecule has 0 radical (unpaired) electrons. The Bertz CT molecular complexity index is 982. The summed E-state index contributed by atoms with van der Waals surface area (Å²) in [6, 6.07) is 14.3. The molecule has 30 heavy (non-hydrogen) atoms. The van der Waals surface area contributed by atoms with Crippen LogP contribution in [0.2, 0.25) is 5.02 Å². The molecular weight excluding hydrogens is 515 g/mol. The standard InChI is InChI=1S/C23H24ClIN2O3/c1-22(2)20(27(29-5)19(28)14-6-9-16(25)10-7-14)23(3,4)21(22)30-17-11-8-15(13-26)18(24)12-17/h6-12,20-21H,1-5H3/t20-,21-. The van der Waals surface area contributed by atoms with Crippen LogP contribution in [0.5, 0.6) is 5.75 Å². The summed E-state index contributed by atoms with van der Waals surface area (Å²) >= 11 is 8.37. The Morgan fingerprint density at radius 2 is 1.73 bits per heavy atom. The number of nitrogens with zero attached hydrogens (tertiary/aromatic N) is 2. The van der Waals surface area contributed by atoms with Crippen LogP contribution in [-0.4, -0.2) is 30.2 Å². The number of amides is 1. The number of ether oxygens (including phenoxy) is 1. The first kappa shape index (κ1) is 22.9. The quantitative estimate of drug-likeness (QED) is 0.362. The summed E-state index contributed by atoms with van der Waals surface area (Å²) in [6.45, 7) is 8.25. The SMILES string of the molecule is CON(C(=O)c1ccc(I)cc1)[C@H]1C(C)(C)[C@H](Oc2ccc(C#N)c(Cl)c2)C1(C)C. The summed E-state index contributed by atoms with van der Waals surface area (Å²) in [5, 5.41) is 10.9. The molecule has 0 aromatic heterocycles. The predicted molar refractivity (Wildman–Crippen MR) is 124 cm³/mol. The fourth-order valence-corrected chi connectivity index (χ4v) is 5.41. The normalized spacial score (nSPS) is 21.3. The first-order chi connectivity index (χ1) is 14.0. The van der Waals surface area contributed by atoms with Gasteiger partial charge in [0.2, 0.25) is 0 Å². The van der Waals surface area contributed by atoms with Gasteiger partial charge in [0.1, 0.15) is 17.9 Å². The third-order valence-electron chi connectivity index (χ3n) is 5.80. The number of benzene rings is 2. The second-order valence-corrected chi connectivity index (χ2v) is 10.3. The van der Waals surface area contributed by atoms with Gasteiger partial charge in [-0.3, -0.25) is 9.63 Å². The van der Waals surface area contributed by atoms with E-state index in [1.165, 1.54) is 12.2 Å². The fourth-order valence-electron chi connectivity index (χ4n) is 4.84. The van der Waals surface area contributed by atoms with Crippen molar-refractivity contribution in [2.24, 2.45) is 10.8 Å². The summed E-state index contributed by atoms with van der Waals surface area (Å²) in [6.07, 6.45) is -0.193. The average Bonchev–Trinajstić information content (AvgIpc) is 2.69. The van der Waals surface area contributed by atoms with Gasteiger partial charge in [0.15, 0.2) is 0 Å². The molecule has 0 atom stereocenters. The van der Waals surface area contributed by atoms with Gasteiger partial charge in [-0.05, 0) is 59.0 Å². The maximum atomic E-state index is 13.2. The summed E-state index contributed by atoms with van der Waals surface area (Å²) in [4.78, 5) is 18.8. The molecule has 0 heterocycles. The van der Waals surface area contributed by atoms with E-state index in [9.17, 15) is 4.79 Å². The zero-order valence-corrected chi connectivity index (χ0v) is 20.5. The first-order valence-corrected chi connectivity index (χ1v) is 11.0. The summed E-state index contributed by atoms with van der Waals surface area (Å²) in [5.74, 6) is 0.413. The number of hydrogen-bond donors (Lipinski definition) is 0. The molecule has 0 aliphatic heterocycles. The minimum atomic E-state index is -0.390. The largest absolute Gasteiger partial charge is 0.489 e. The van der Waals surface area contributed by atoms with Gasteiger partial charge in [0, 0.05) is 26.0 Å². The van der Waals surface area contributed by atoms with Crippen molar-refractivity contribution in [1.29, 1.82) is 5.26 Å². The molecule has 1 saturated carbocycles. The van der Waals surface area contributed by atoms with Crippen LogP contribution in [0.4, 0.5) is 0 Å². The Morgan fingerprint density at radius 1 is 1.13 bits per heavy atom. The Morgan fingerprint density at radius 3 is 2.23 bits per heavy atom. The Labute approximate surface area is 196 Å². The van der Waals surface area contributed by atoms with Gasteiger partial charge in [-0.2, -0.15) is 5.26 Å². The molecule has 2 aromatic rings. The van der Waals surface area contributed by atoms with Crippen LogP contribution in [0.3, 0.4) is 0 Å². The van der Waals surface area contributed by atoms with E-state index in [-0.39, 0.29) is 18.1 Å². The van der Waals surface area contributed by atoms with Crippen molar-refractivity contribution in [3.8, 4) is 11.8 Å². The van der Waals surface area contributed by atoms with E-state index < -0.39 is 10.8 Å². The number of halogens is 2. The van der Waals surface area contributed by atoms with Gasteiger partial charge < -0.3 is 4.74 Å². The van der Waals surface area contributed by atoms with Crippen LogP contribution in [0, 0.1) is 25.7 Å². The molecule has 2 aromatic carbocycles. The second kappa shape index (κ2) is 8.37. The number of carbonyl (C=O) groups excluding carboxylic acids is 1. The van der Waals surface area contributed by atoms with Crippen LogP contribution >= 0.6 is 34.2 Å². The molecule has 5 nitrogen and oxygen atoms in total. The van der Waals surface area contributed by atoms with Crippen LogP contribution in [0.1, 0.15) is 43.6 Å². The zero-order valence-electron chi connectivity index (χ0n) is 17.6. The van der Waals surface area contributed by atoms with E-state index in [2.05, 4.69) is 50.3 Å². The van der Waals surface area contributed by atoms with E-state index in [0.29, 0.717) is 21.9 Å². The van der Waals surface area contributed by atoms with Gasteiger partial charge in [-0.15, -0.1) is 0 Å². The monoisotopic (exact) mass is 538 g/mol. The van der Waals surface area contributed by atoms with Crippen molar-refractivity contribution in [3.05, 3.63) is 62.2 Å². The molecule has 158 valence electrons. The molecule has 0 bridgehead atoms. The molecule has 1 aliphatic rings. The van der Waals surface area contributed by atoms with Crippen molar-refractivity contribution in [1.82, 2.24) is 5.06 Å². The van der Waals surface area contributed by atoms with Crippen LogP contribution in [0.15, 0.2) is 42.5 Å². The maximum Gasteiger partial charge on any atom is 0.277 e. The number of hydroxylamine groups is 2. The lowest BCUT2D eigenvalue weighted by Crippen LogP contribution is -2.75. The molecule has 0 unspecified atom stereocenters. The highest BCUT2D eigenvalue weighted by molar-refractivity contribution is 14.1. The summed E-state index contributed by atoms with van der Waals surface area (Å²) in [7, 11) is 1.52. The fraction of sp³-hybridized carbons (Fsp3) is 0.391. The molecule has 0 N–H and O–H groups in total. The summed E-state index contributed by atoms with van der Waals surface area (Å²) in [5.41, 5.74) is 0.201. The number of carbonyl (C=O) groups is 1. The van der Waals surface area contributed by atoms with Gasteiger partial charge >= 0.3 is 0 Å². The van der Waals surface area contributed by atoms with Gasteiger partial charge in [-0.1, -0.05) is 39.3 Å².